The maximum absolute atomic E-state index is 12.5. The molecule has 2 N–H and O–H groups in total. The molecule has 2 atom stereocenters. The average Bonchev–Trinajstić information content (AvgIpc) is 2.95. The van der Waals surface area contributed by atoms with Crippen molar-refractivity contribution in [1.82, 2.24) is 4.90 Å². The van der Waals surface area contributed by atoms with E-state index < -0.39 is 11.7 Å². The molecular formula is C16H21F3N2O. The van der Waals surface area contributed by atoms with Crippen LogP contribution >= 0.6 is 0 Å². The average molecular weight is 314 g/mol. The van der Waals surface area contributed by atoms with Crippen molar-refractivity contribution in [1.29, 1.82) is 0 Å². The van der Waals surface area contributed by atoms with Crippen LogP contribution in [-0.4, -0.2) is 29.9 Å². The Labute approximate surface area is 128 Å². The van der Waals surface area contributed by atoms with Crippen LogP contribution in [0.4, 0.5) is 13.2 Å². The molecule has 22 heavy (non-hydrogen) atoms. The summed E-state index contributed by atoms with van der Waals surface area (Å²) in [5.41, 5.74) is 5.73. The molecule has 0 aromatic heterocycles. The van der Waals surface area contributed by atoms with Gasteiger partial charge in [0.2, 0.25) is 5.91 Å². The van der Waals surface area contributed by atoms with E-state index in [0.29, 0.717) is 13.0 Å². The van der Waals surface area contributed by atoms with Crippen molar-refractivity contribution in [2.45, 2.75) is 44.3 Å². The summed E-state index contributed by atoms with van der Waals surface area (Å²) in [6.07, 6.45) is -2.15. The maximum atomic E-state index is 12.5. The molecule has 1 heterocycles. The highest BCUT2D eigenvalue weighted by Crippen LogP contribution is 2.31. The topological polar surface area (TPSA) is 46.3 Å². The minimum Gasteiger partial charge on any atom is -0.338 e. The lowest BCUT2D eigenvalue weighted by Crippen LogP contribution is -2.40. The molecule has 1 aliphatic rings. The van der Waals surface area contributed by atoms with Crippen molar-refractivity contribution < 1.29 is 18.0 Å². The summed E-state index contributed by atoms with van der Waals surface area (Å²) in [6.45, 7) is 3.04. The number of carbonyl (C=O) groups excluding carboxylic acids is 1. The molecular weight excluding hydrogens is 293 g/mol. The predicted molar refractivity (Wildman–Crippen MR) is 78.3 cm³/mol. The van der Waals surface area contributed by atoms with E-state index in [0.717, 1.165) is 37.1 Å². The molecule has 1 aromatic carbocycles. The van der Waals surface area contributed by atoms with Gasteiger partial charge in [0.1, 0.15) is 0 Å². The number of nitrogens with zero attached hydrogens (tertiary/aromatic N) is 1. The van der Waals surface area contributed by atoms with Gasteiger partial charge in [-0.05, 0) is 36.5 Å². The lowest BCUT2D eigenvalue weighted by atomic mass is 9.96. The molecule has 1 amide bonds. The van der Waals surface area contributed by atoms with Crippen molar-refractivity contribution in [3.05, 3.63) is 35.4 Å². The molecule has 6 heteroatoms. The monoisotopic (exact) mass is 314 g/mol. The fraction of sp³-hybridized carbons (Fsp3) is 0.562. The highest BCUT2D eigenvalue weighted by molar-refractivity contribution is 5.77. The van der Waals surface area contributed by atoms with Crippen molar-refractivity contribution in [3.63, 3.8) is 0 Å². The van der Waals surface area contributed by atoms with Gasteiger partial charge in [-0.3, -0.25) is 4.79 Å². The third-order valence-electron chi connectivity index (χ3n) is 4.26. The van der Waals surface area contributed by atoms with Crippen LogP contribution < -0.4 is 5.73 Å². The Balaban J connectivity index is 2.00. The van der Waals surface area contributed by atoms with Crippen LogP contribution in [0.3, 0.4) is 0 Å². The quantitative estimate of drug-likeness (QED) is 0.928. The Kier molecular flexibility index (Phi) is 5.11. The van der Waals surface area contributed by atoms with Gasteiger partial charge in [-0.1, -0.05) is 19.1 Å². The zero-order valence-corrected chi connectivity index (χ0v) is 12.6. The first-order valence-corrected chi connectivity index (χ1v) is 7.49. The van der Waals surface area contributed by atoms with Crippen molar-refractivity contribution in [2.75, 3.05) is 13.1 Å². The van der Waals surface area contributed by atoms with Crippen LogP contribution in [0.1, 0.15) is 43.2 Å². The number of halogens is 3. The molecule has 0 bridgehead atoms. The number of amides is 1. The Morgan fingerprint density at radius 3 is 2.55 bits per heavy atom. The van der Waals surface area contributed by atoms with Gasteiger partial charge in [-0.25, -0.2) is 0 Å². The highest BCUT2D eigenvalue weighted by atomic mass is 19.4. The lowest BCUT2D eigenvalue weighted by Gasteiger charge is -2.25. The fourth-order valence-corrected chi connectivity index (χ4v) is 2.91. The molecule has 1 saturated heterocycles. The van der Waals surface area contributed by atoms with E-state index in [4.69, 9.17) is 5.73 Å². The normalized spacial score (nSPS) is 20.2. The Morgan fingerprint density at radius 1 is 1.36 bits per heavy atom. The zero-order chi connectivity index (χ0) is 16.3. The second-order valence-corrected chi connectivity index (χ2v) is 5.84. The molecule has 2 unspecified atom stereocenters. The molecule has 0 aliphatic carbocycles. The number of hydrogen-bond acceptors (Lipinski definition) is 2. The smallest absolute Gasteiger partial charge is 0.338 e. The maximum Gasteiger partial charge on any atom is 0.416 e. The van der Waals surface area contributed by atoms with Crippen LogP contribution in [0, 0.1) is 0 Å². The molecule has 122 valence electrons. The number of likely N-dealkylation sites (tertiary alicyclic amines) is 1. The summed E-state index contributed by atoms with van der Waals surface area (Å²) in [4.78, 5) is 14.1. The molecule has 0 spiro atoms. The number of rotatable bonds is 4. The number of carbonyl (C=O) groups is 1. The van der Waals surface area contributed by atoms with Gasteiger partial charge in [-0.15, -0.1) is 0 Å². The van der Waals surface area contributed by atoms with Crippen LogP contribution in [-0.2, 0) is 11.0 Å². The predicted octanol–water partition coefficient (Wildman–Crippen LogP) is 3.15. The fourth-order valence-electron chi connectivity index (χ4n) is 2.91. The Morgan fingerprint density at radius 2 is 2.00 bits per heavy atom. The summed E-state index contributed by atoms with van der Waals surface area (Å²) in [5, 5.41) is 0. The van der Waals surface area contributed by atoms with E-state index in [9.17, 15) is 18.0 Å². The third-order valence-corrected chi connectivity index (χ3v) is 4.26. The lowest BCUT2D eigenvalue weighted by molar-refractivity contribution is -0.137. The summed E-state index contributed by atoms with van der Waals surface area (Å²) in [6, 6.07) is 5.13. The number of benzene rings is 1. The molecule has 0 saturated carbocycles. The van der Waals surface area contributed by atoms with Gasteiger partial charge in [-0.2, -0.15) is 13.2 Å². The van der Waals surface area contributed by atoms with Gasteiger partial charge < -0.3 is 10.6 Å². The first-order valence-electron chi connectivity index (χ1n) is 7.49. The summed E-state index contributed by atoms with van der Waals surface area (Å²) in [7, 11) is 0. The first kappa shape index (κ1) is 16.8. The molecule has 0 radical (unpaired) electrons. The minimum atomic E-state index is -4.33. The van der Waals surface area contributed by atoms with E-state index >= 15 is 0 Å². The number of hydrogen-bond donors (Lipinski definition) is 1. The molecule has 3 nitrogen and oxygen atoms in total. The van der Waals surface area contributed by atoms with Gasteiger partial charge in [0.25, 0.3) is 0 Å². The van der Waals surface area contributed by atoms with Gasteiger partial charge >= 0.3 is 6.18 Å². The van der Waals surface area contributed by atoms with E-state index in [2.05, 4.69) is 0 Å². The van der Waals surface area contributed by atoms with E-state index in [1.807, 2.05) is 6.92 Å². The molecule has 1 aliphatic heterocycles. The first-order chi connectivity index (χ1) is 10.3. The third kappa shape index (κ3) is 3.80. The standard InChI is InChI=1S/C16H21F3N2O/c1-11(9-15(22)21-8-2-3-14(21)10-20)12-4-6-13(7-5-12)16(17,18)19/h4-7,11,14H,2-3,8-10,20H2,1H3. The van der Waals surface area contributed by atoms with Crippen LogP contribution in [0.2, 0.25) is 0 Å². The van der Waals surface area contributed by atoms with Gasteiger partial charge in [0, 0.05) is 25.6 Å². The number of nitrogens with two attached hydrogens (primary N) is 1. The molecule has 1 fully saturated rings. The Bertz CT molecular complexity index is 513. The second kappa shape index (κ2) is 6.69. The Hall–Kier alpha value is -1.56. The number of alkyl halides is 3. The van der Waals surface area contributed by atoms with Crippen LogP contribution in [0.5, 0.6) is 0 Å². The summed E-state index contributed by atoms with van der Waals surface area (Å²) >= 11 is 0. The van der Waals surface area contributed by atoms with Crippen LogP contribution in [0.15, 0.2) is 24.3 Å². The minimum absolute atomic E-state index is 0.0281. The summed E-state index contributed by atoms with van der Waals surface area (Å²) < 4.78 is 37.6. The van der Waals surface area contributed by atoms with Crippen molar-refractivity contribution >= 4 is 5.91 Å². The van der Waals surface area contributed by atoms with Crippen molar-refractivity contribution in [2.24, 2.45) is 5.73 Å². The van der Waals surface area contributed by atoms with E-state index in [-0.39, 0.29) is 17.9 Å². The van der Waals surface area contributed by atoms with Crippen molar-refractivity contribution in [3.8, 4) is 0 Å². The van der Waals surface area contributed by atoms with Gasteiger partial charge in [0.15, 0.2) is 0 Å². The van der Waals surface area contributed by atoms with Crippen LogP contribution in [0.25, 0.3) is 0 Å². The molecule has 2 rings (SSSR count). The van der Waals surface area contributed by atoms with E-state index in [1.54, 1.807) is 4.90 Å². The zero-order valence-electron chi connectivity index (χ0n) is 12.6. The SMILES string of the molecule is CC(CC(=O)N1CCCC1CN)c1ccc(C(F)(F)F)cc1. The second-order valence-electron chi connectivity index (χ2n) is 5.84. The highest BCUT2D eigenvalue weighted by Gasteiger charge is 2.31. The van der Waals surface area contributed by atoms with Gasteiger partial charge in [0.05, 0.1) is 5.56 Å². The molecule has 1 aromatic rings. The summed E-state index contributed by atoms with van der Waals surface area (Å²) in [5.74, 6) is -0.0887. The van der Waals surface area contributed by atoms with E-state index in [1.165, 1.54) is 12.1 Å². The largest absolute Gasteiger partial charge is 0.416 e.